The third-order valence-corrected chi connectivity index (χ3v) is 3.12. The van der Waals surface area contributed by atoms with Crippen molar-refractivity contribution in [3.05, 3.63) is 24.3 Å². The maximum absolute atomic E-state index is 4.83. The van der Waals surface area contributed by atoms with Gasteiger partial charge in [0.05, 0.1) is 0 Å². The highest BCUT2D eigenvalue weighted by atomic mass is 79.9. The third-order valence-electron chi connectivity index (χ3n) is 2.35. The second-order valence-corrected chi connectivity index (χ2v) is 8.66. The van der Waals surface area contributed by atoms with E-state index in [0.29, 0.717) is 4.83 Å². The van der Waals surface area contributed by atoms with E-state index < -0.39 is 3.25 Å². The van der Waals surface area contributed by atoms with Crippen LogP contribution in [0.2, 0.25) is 0 Å². The summed E-state index contributed by atoms with van der Waals surface area (Å²) in [5, 5.41) is 0. The number of alkyl halides is 5. The van der Waals surface area contributed by atoms with Crippen molar-refractivity contribution in [2.75, 3.05) is 0 Å². The lowest BCUT2D eigenvalue weighted by atomic mass is 10.1. The molecular formula is C13H19BrCl4. The van der Waals surface area contributed by atoms with Crippen molar-refractivity contribution in [3.63, 3.8) is 0 Å². The standard InChI is InChI=1S/C6H9Br.C6H10.CCl4/c7-6-4-2-1-3-5-6;1-2-4-6-5-3-1;2-1(3,4)5/h2,4,6H,1,3,5H2;1-2H,3-6H2;. The summed E-state index contributed by atoms with van der Waals surface area (Å²) in [5.41, 5.74) is 0. The average Bonchev–Trinajstić information content (AvgIpc) is 2.31. The maximum atomic E-state index is 4.83. The summed E-state index contributed by atoms with van der Waals surface area (Å²) in [7, 11) is 0. The molecule has 0 aromatic rings. The molecule has 0 aliphatic heterocycles. The summed E-state index contributed by atoms with van der Waals surface area (Å²) in [5.74, 6) is 0. The van der Waals surface area contributed by atoms with Crippen LogP contribution in [0.15, 0.2) is 24.3 Å². The van der Waals surface area contributed by atoms with E-state index in [1.54, 1.807) is 0 Å². The van der Waals surface area contributed by atoms with Crippen LogP contribution in [0, 0.1) is 0 Å². The Kier molecular flexibility index (Phi) is 12.6. The first-order valence-electron chi connectivity index (χ1n) is 6.11. The molecule has 0 heterocycles. The molecule has 0 saturated heterocycles. The average molecular weight is 397 g/mol. The van der Waals surface area contributed by atoms with Gasteiger partial charge < -0.3 is 0 Å². The Hall–Kier alpha value is 1.12. The highest BCUT2D eigenvalue weighted by Gasteiger charge is 2.11. The highest BCUT2D eigenvalue weighted by Crippen LogP contribution is 2.29. The molecule has 0 saturated carbocycles. The van der Waals surface area contributed by atoms with Crippen LogP contribution < -0.4 is 0 Å². The van der Waals surface area contributed by atoms with Crippen molar-refractivity contribution in [3.8, 4) is 0 Å². The van der Waals surface area contributed by atoms with E-state index >= 15 is 0 Å². The van der Waals surface area contributed by atoms with Crippen LogP contribution in [-0.2, 0) is 0 Å². The summed E-state index contributed by atoms with van der Waals surface area (Å²) in [4.78, 5) is 0.668. The predicted molar refractivity (Wildman–Crippen MR) is 89.5 cm³/mol. The Morgan fingerprint density at radius 1 is 0.833 bits per heavy atom. The Morgan fingerprint density at radius 3 is 1.44 bits per heavy atom. The first-order valence-corrected chi connectivity index (χ1v) is 8.53. The lowest BCUT2D eigenvalue weighted by Gasteiger charge is -2.06. The fourth-order valence-electron chi connectivity index (χ4n) is 1.53. The van der Waals surface area contributed by atoms with Gasteiger partial charge in [0.2, 0.25) is 0 Å². The Labute approximate surface area is 139 Å². The van der Waals surface area contributed by atoms with E-state index in [0.717, 1.165) is 0 Å². The molecule has 1 unspecified atom stereocenters. The lowest BCUT2D eigenvalue weighted by molar-refractivity contribution is 0.730. The summed E-state index contributed by atoms with van der Waals surface area (Å²) in [6, 6.07) is 0. The van der Waals surface area contributed by atoms with E-state index in [2.05, 4.69) is 40.2 Å². The van der Waals surface area contributed by atoms with E-state index in [-0.39, 0.29) is 0 Å². The van der Waals surface area contributed by atoms with Gasteiger partial charge in [-0.15, -0.1) is 0 Å². The molecule has 106 valence electrons. The van der Waals surface area contributed by atoms with Crippen molar-refractivity contribution < 1.29 is 0 Å². The molecule has 2 aliphatic rings. The molecule has 0 bridgehead atoms. The number of rotatable bonds is 0. The van der Waals surface area contributed by atoms with Crippen LogP contribution in [-0.4, -0.2) is 8.08 Å². The van der Waals surface area contributed by atoms with E-state index in [9.17, 15) is 0 Å². The molecule has 2 rings (SSSR count). The van der Waals surface area contributed by atoms with Crippen LogP contribution >= 0.6 is 62.3 Å². The Balaban J connectivity index is 0.000000245. The minimum absolute atomic E-state index is 0.668. The molecule has 0 spiro atoms. The Morgan fingerprint density at radius 2 is 1.28 bits per heavy atom. The van der Waals surface area contributed by atoms with E-state index in [1.165, 1.54) is 44.9 Å². The zero-order valence-electron chi connectivity index (χ0n) is 10.2. The van der Waals surface area contributed by atoms with Crippen molar-refractivity contribution in [2.45, 2.75) is 53.0 Å². The highest BCUT2D eigenvalue weighted by molar-refractivity contribution is 9.09. The van der Waals surface area contributed by atoms with E-state index in [4.69, 9.17) is 46.4 Å². The second-order valence-electron chi connectivity index (χ2n) is 4.06. The van der Waals surface area contributed by atoms with E-state index in [1.807, 2.05) is 0 Å². The first kappa shape index (κ1) is 19.1. The van der Waals surface area contributed by atoms with Crippen molar-refractivity contribution in [2.24, 2.45) is 0 Å². The fraction of sp³-hybridized carbons (Fsp3) is 0.692. The number of halogens is 5. The summed E-state index contributed by atoms with van der Waals surface area (Å²) in [6.07, 6.45) is 18.4. The second kappa shape index (κ2) is 11.9. The number of allylic oxidation sites excluding steroid dienone is 4. The van der Waals surface area contributed by atoms with Gasteiger partial charge in [0.1, 0.15) is 0 Å². The first-order chi connectivity index (χ1) is 8.39. The quantitative estimate of drug-likeness (QED) is 0.301. The zero-order chi connectivity index (χ0) is 13.9. The van der Waals surface area contributed by atoms with Gasteiger partial charge in [-0.1, -0.05) is 86.6 Å². The lowest BCUT2D eigenvalue weighted by Crippen LogP contribution is -1.95. The predicted octanol–water partition coefficient (Wildman–Crippen LogP) is 7.16. The van der Waals surface area contributed by atoms with Crippen LogP contribution in [0.1, 0.15) is 44.9 Å². The largest absolute Gasteiger partial charge is 0.266 e. The summed E-state index contributed by atoms with van der Waals surface area (Å²) >= 11 is 22.8. The third kappa shape index (κ3) is 19.5. The van der Waals surface area contributed by atoms with Crippen LogP contribution in [0.5, 0.6) is 0 Å². The van der Waals surface area contributed by atoms with Gasteiger partial charge in [0.25, 0.3) is 3.25 Å². The van der Waals surface area contributed by atoms with Crippen molar-refractivity contribution in [1.29, 1.82) is 0 Å². The molecule has 2 aliphatic carbocycles. The maximum Gasteiger partial charge on any atom is 0.266 e. The number of hydrogen-bond acceptors (Lipinski definition) is 0. The van der Waals surface area contributed by atoms with Crippen LogP contribution in [0.25, 0.3) is 0 Å². The van der Waals surface area contributed by atoms with Crippen LogP contribution in [0.3, 0.4) is 0 Å². The smallest absolute Gasteiger partial charge is 0.0885 e. The Bertz CT molecular complexity index is 232. The van der Waals surface area contributed by atoms with Gasteiger partial charge in [-0.2, -0.15) is 0 Å². The molecule has 5 heteroatoms. The molecule has 1 atom stereocenters. The monoisotopic (exact) mass is 394 g/mol. The van der Waals surface area contributed by atoms with Gasteiger partial charge in [-0.25, -0.2) is 0 Å². The molecule has 0 nitrogen and oxygen atoms in total. The minimum atomic E-state index is -1.61. The molecule has 0 aromatic heterocycles. The van der Waals surface area contributed by atoms with Gasteiger partial charge >= 0.3 is 0 Å². The van der Waals surface area contributed by atoms with Gasteiger partial charge in [-0.3, -0.25) is 0 Å². The normalized spacial score (nSPS) is 22.4. The molecule has 0 radical (unpaired) electrons. The zero-order valence-corrected chi connectivity index (χ0v) is 14.8. The molecule has 18 heavy (non-hydrogen) atoms. The molecular weight excluding hydrogens is 378 g/mol. The van der Waals surface area contributed by atoms with Crippen LogP contribution in [0.4, 0.5) is 0 Å². The summed E-state index contributed by atoms with van der Waals surface area (Å²) < 4.78 is -1.61. The molecule has 0 N–H and O–H groups in total. The van der Waals surface area contributed by atoms with Gasteiger partial charge in [0.15, 0.2) is 0 Å². The molecule has 0 fully saturated rings. The van der Waals surface area contributed by atoms with Gasteiger partial charge in [0, 0.05) is 4.83 Å². The fourth-order valence-corrected chi connectivity index (χ4v) is 2.07. The van der Waals surface area contributed by atoms with Crippen molar-refractivity contribution >= 4 is 62.3 Å². The SMILES string of the molecule is BrC1C=CCCC1.C1=CCCCC1.ClC(Cl)(Cl)Cl. The van der Waals surface area contributed by atoms with Crippen molar-refractivity contribution in [1.82, 2.24) is 0 Å². The topological polar surface area (TPSA) is 0 Å². The summed E-state index contributed by atoms with van der Waals surface area (Å²) in [6.45, 7) is 0. The minimum Gasteiger partial charge on any atom is -0.0885 e. The molecule has 0 amide bonds. The number of hydrogen-bond donors (Lipinski definition) is 0. The van der Waals surface area contributed by atoms with Gasteiger partial charge in [-0.05, 0) is 44.9 Å². The molecule has 0 aromatic carbocycles.